The van der Waals surface area contributed by atoms with Crippen LogP contribution in [0.1, 0.15) is 130 Å². The standard InChI is InChI=1S/C25H52O2S/c1-4-6-8-10-12-14-16-18-20-24(3)28-23-25(22-26)27-21-19-17-15-13-11-9-7-5-2/h24-26H,4-23H2,1-3H3. The van der Waals surface area contributed by atoms with Gasteiger partial charge in [-0.05, 0) is 12.8 Å². The van der Waals surface area contributed by atoms with Crippen molar-refractivity contribution in [2.45, 2.75) is 141 Å². The molecule has 3 heteroatoms. The van der Waals surface area contributed by atoms with Crippen molar-refractivity contribution in [3.63, 3.8) is 0 Å². The van der Waals surface area contributed by atoms with Gasteiger partial charge in [-0.3, -0.25) is 0 Å². The van der Waals surface area contributed by atoms with Crippen LogP contribution in [0.3, 0.4) is 0 Å². The van der Waals surface area contributed by atoms with E-state index in [1.807, 2.05) is 11.8 Å². The second-order valence-electron chi connectivity index (χ2n) is 8.56. The fraction of sp³-hybridized carbons (Fsp3) is 1.00. The van der Waals surface area contributed by atoms with Crippen LogP contribution in [0.25, 0.3) is 0 Å². The summed E-state index contributed by atoms with van der Waals surface area (Å²) >= 11 is 1.98. The van der Waals surface area contributed by atoms with E-state index in [2.05, 4.69) is 20.8 Å². The van der Waals surface area contributed by atoms with E-state index in [1.54, 1.807) is 0 Å². The summed E-state index contributed by atoms with van der Waals surface area (Å²) in [6, 6.07) is 0. The van der Waals surface area contributed by atoms with E-state index in [0.717, 1.165) is 18.8 Å². The number of unbranched alkanes of at least 4 members (excludes halogenated alkanes) is 14. The Kier molecular flexibility index (Phi) is 23.8. The predicted molar refractivity (Wildman–Crippen MR) is 129 cm³/mol. The molecule has 170 valence electrons. The van der Waals surface area contributed by atoms with E-state index >= 15 is 0 Å². The Balaban J connectivity index is 3.45. The lowest BCUT2D eigenvalue weighted by Crippen LogP contribution is -2.22. The molecule has 0 aliphatic rings. The van der Waals surface area contributed by atoms with Crippen molar-refractivity contribution in [3.8, 4) is 0 Å². The highest BCUT2D eigenvalue weighted by molar-refractivity contribution is 7.99. The van der Waals surface area contributed by atoms with Gasteiger partial charge in [-0.25, -0.2) is 0 Å². The zero-order valence-corrected chi connectivity index (χ0v) is 20.4. The first-order chi connectivity index (χ1) is 13.7. The highest BCUT2D eigenvalue weighted by Crippen LogP contribution is 2.20. The highest BCUT2D eigenvalue weighted by Gasteiger charge is 2.11. The van der Waals surface area contributed by atoms with Crippen molar-refractivity contribution >= 4 is 11.8 Å². The summed E-state index contributed by atoms with van der Waals surface area (Å²) in [6.07, 6.45) is 23.1. The summed E-state index contributed by atoms with van der Waals surface area (Å²) in [4.78, 5) is 0. The van der Waals surface area contributed by atoms with E-state index in [9.17, 15) is 5.11 Å². The van der Waals surface area contributed by atoms with Crippen LogP contribution in [0.2, 0.25) is 0 Å². The molecule has 0 aromatic carbocycles. The first-order valence-corrected chi connectivity index (χ1v) is 13.6. The minimum atomic E-state index is 0.0237. The average molecular weight is 417 g/mol. The topological polar surface area (TPSA) is 29.5 Å². The van der Waals surface area contributed by atoms with Crippen molar-refractivity contribution in [3.05, 3.63) is 0 Å². The Morgan fingerprint density at radius 2 is 1.14 bits per heavy atom. The molecule has 2 nitrogen and oxygen atoms in total. The molecule has 0 fully saturated rings. The maximum atomic E-state index is 9.56. The summed E-state index contributed by atoms with van der Waals surface area (Å²) < 4.78 is 5.91. The minimum Gasteiger partial charge on any atom is -0.394 e. The summed E-state index contributed by atoms with van der Waals surface area (Å²) in [7, 11) is 0. The van der Waals surface area contributed by atoms with Crippen LogP contribution < -0.4 is 0 Å². The monoisotopic (exact) mass is 416 g/mol. The lowest BCUT2D eigenvalue weighted by Gasteiger charge is -2.18. The smallest absolute Gasteiger partial charge is 0.0895 e. The third-order valence-corrected chi connectivity index (χ3v) is 6.95. The summed E-state index contributed by atoms with van der Waals surface area (Å²) in [5.41, 5.74) is 0. The van der Waals surface area contributed by atoms with E-state index < -0.39 is 0 Å². The Morgan fingerprint density at radius 1 is 0.679 bits per heavy atom. The van der Waals surface area contributed by atoms with Gasteiger partial charge >= 0.3 is 0 Å². The van der Waals surface area contributed by atoms with Crippen molar-refractivity contribution < 1.29 is 9.84 Å². The molecule has 1 N–H and O–H groups in total. The van der Waals surface area contributed by atoms with Gasteiger partial charge in [-0.1, -0.05) is 117 Å². The number of ether oxygens (including phenoxy) is 1. The molecule has 0 amide bonds. The van der Waals surface area contributed by atoms with Crippen LogP contribution in [0.15, 0.2) is 0 Å². The Hall–Kier alpha value is 0.270. The van der Waals surface area contributed by atoms with Gasteiger partial charge in [0, 0.05) is 17.6 Å². The summed E-state index contributed by atoms with van der Waals surface area (Å²) in [5, 5.41) is 10.2. The number of rotatable bonds is 23. The number of aliphatic hydroxyl groups is 1. The van der Waals surface area contributed by atoms with E-state index in [-0.39, 0.29) is 12.7 Å². The molecule has 28 heavy (non-hydrogen) atoms. The molecule has 0 saturated heterocycles. The molecule has 0 bridgehead atoms. The third-order valence-electron chi connectivity index (χ3n) is 5.59. The molecule has 2 unspecified atom stereocenters. The van der Waals surface area contributed by atoms with Crippen molar-refractivity contribution in [2.24, 2.45) is 0 Å². The lowest BCUT2D eigenvalue weighted by atomic mass is 10.1. The van der Waals surface area contributed by atoms with E-state index in [0.29, 0.717) is 5.25 Å². The first kappa shape index (κ1) is 28.3. The zero-order chi connectivity index (χ0) is 20.7. The van der Waals surface area contributed by atoms with Crippen LogP contribution in [0.5, 0.6) is 0 Å². The fourth-order valence-corrected chi connectivity index (χ4v) is 4.64. The van der Waals surface area contributed by atoms with Crippen molar-refractivity contribution in [1.82, 2.24) is 0 Å². The van der Waals surface area contributed by atoms with Gasteiger partial charge in [-0.15, -0.1) is 0 Å². The number of aliphatic hydroxyl groups excluding tert-OH is 1. The summed E-state index contributed by atoms with van der Waals surface area (Å²) in [6.45, 7) is 7.85. The molecule has 0 heterocycles. The van der Waals surface area contributed by atoms with Gasteiger partial charge in [0.25, 0.3) is 0 Å². The fourth-order valence-electron chi connectivity index (χ4n) is 3.56. The zero-order valence-electron chi connectivity index (χ0n) is 19.6. The van der Waals surface area contributed by atoms with Crippen LogP contribution in [-0.4, -0.2) is 35.4 Å². The van der Waals surface area contributed by atoms with Gasteiger partial charge < -0.3 is 9.84 Å². The quantitative estimate of drug-likeness (QED) is 0.170. The maximum Gasteiger partial charge on any atom is 0.0895 e. The van der Waals surface area contributed by atoms with Crippen molar-refractivity contribution in [1.29, 1.82) is 0 Å². The molecule has 2 atom stereocenters. The second-order valence-corrected chi connectivity index (χ2v) is 10.0. The average Bonchev–Trinajstić information content (AvgIpc) is 2.71. The molecule has 0 aliphatic heterocycles. The molecule has 0 rings (SSSR count). The first-order valence-electron chi connectivity index (χ1n) is 12.6. The van der Waals surface area contributed by atoms with Gasteiger partial charge in [0.1, 0.15) is 0 Å². The van der Waals surface area contributed by atoms with Crippen LogP contribution in [-0.2, 0) is 4.74 Å². The van der Waals surface area contributed by atoms with Crippen LogP contribution >= 0.6 is 11.8 Å². The molecular formula is C25H52O2S. The van der Waals surface area contributed by atoms with Crippen LogP contribution in [0.4, 0.5) is 0 Å². The van der Waals surface area contributed by atoms with Gasteiger partial charge in [0.05, 0.1) is 12.7 Å². The minimum absolute atomic E-state index is 0.0237. The second kappa shape index (κ2) is 23.5. The van der Waals surface area contributed by atoms with Crippen molar-refractivity contribution in [2.75, 3.05) is 19.0 Å². The third kappa shape index (κ3) is 21.0. The van der Waals surface area contributed by atoms with E-state index in [1.165, 1.54) is 103 Å². The number of hydrogen-bond acceptors (Lipinski definition) is 3. The lowest BCUT2D eigenvalue weighted by molar-refractivity contribution is 0.0260. The molecule has 0 aromatic heterocycles. The highest BCUT2D eigenvalue weighted by atomic mass is 32.2. The SMILES string of the molecule is CCCCCCCCCCOC(CO)CSC(C)CCCCCCCCCC. The molecular weight excluding hydrogens is 364 g/mol. The van der Waals surface area contributed by atoms with Crippen LogP contribution in [0, 0.1) is 0 Å². The Morgan fingerprint density at radius 3 is 1.64 bits per heavy atom. The predicted octanol–water partition coefficient (Wildman–Crippen LogP) is 8.16. The normalized spacial score (nSPS) is 13.7. The summed E-state index contributed by atoms with van der Waals surface area (Å²) in [5.74, 6) is 0.936. The van der Waals surface area contributed by atoms with Gasteiger partial charge in [0.15, 0.2) is 0 Å². The molecule has 0 spiro atoms. The molecule has 0 radical (unpaired) electrons. The molecule has 0 aromatic rings. The number of hydrogen-bond donors (Lipinski definition) is 1. The largest absolute Gasteiger partial charge is 0.394 e. The van der Waals surface area contributed by atoms with E-state index in [4.69, 9.17) is 4.74 Å². The Bertz CT molecular complexity index is 286. The maximum absolute atomic E-state index is 9.56. The number of thioether (sulfide) groups is 1. The van der Waals surface area contributed by atoms with Gasteiger partial charge in [-0.2, -0.15) is 11.8 Å². The van der Waals surface area contributed by atoms with Gasteiger partial charge in [0.2, 0.25) is 0 Å². The molecule has 0 saturated carbocycles. The molecule has 0 aliphatic carbocycles. The Labute approximate surface area is 182 Å².